The first-order valence-corrected chi connectivity index (χ1v) is 4.01. The fraction of sp³-hybridized carbons (Fsp3) is 0.857. The van der Waals surface area contributed by atoms with E-state index in [0.29, 0.717) is 13.0 Å². The molecule has 1 fully saturated rings. The lowest BCUT2D eigenvalue weighted by atomic mass is 10.0. The summed E-state index contributed by atoms with van der Waals surface area (Å²) in [7, 11) is 4.73. The molecule has 13 heavy (non-hydrogen) atoms. The molecule has 0 amide bonds. The van der Waals surface area contributed by atoms with Crippen LogP contribution in [0, 0.1) is 0 Å². The second-order valence-electron chi connectivity index (χ2n) is 2.89. The molecule has 1 rings (SSSR count). The standard InChI is InChI=1S/C7H11BO5/c8-7(11)13-3-5-6(10)4(9)1-2-12-5/h4-6,9-10H,1-3H2/t4?,5-,6-/m1/s1. The molecule has 5 nitrogen and oxygen atoms in total. The van der Waals surface area contributed by atoms with Gasteiger partial charge in [-0.3, -0.25) is 4.79 Å². The van der Waals surface area contributed by atoms with Crippen LogP contribution >= 0.6 is 0 Å². The van der Waals surface area contributed by atoms with Crippen molar-refractivity contribution < 1.29 is 24.5 Å². The highest BCUT2D eigenvalue weighted by Crippen LogP contribution is 2.14. The zero-order valence-electron chi connectivity index (χ0n) is 7.05. The second kappa shape index (κ2) is 4.60. The Hall–Kier alpha value is -0.585. The summed E-state index contributed by atoms with van der Waals surface area (Å²) in [4.78, 5) is 10.2. The molecular weight excluding hydrogens is 175 g/mol. The van der Waals surface area contributed by atoms with Crippen LogP contribution in [0.1, 0.15) is 6.42 Å². The van der Waals surface area contributed by atoms with Crippen LogP contribution in [0.3, 0.4) is 0 Å². The third kappa shape index (κ3) is 2.98. The van der Waals surface area contributed by atoms with Gasteiger partial charge in [-0.15, -0.1) is 0 Å². The number of aliphatic hydroxyl groups is 2. The molecule has 1 aliphatic rings. The second-order valence-corrected chi connectivity index (χ2v) is 2.89. The van der Waals surface area contributed by atoms with E-state index in [4.69, 9.17) is 12.6 Å². The van der Waals surface area contributed by atoms with Crippen molar-refractivity contribution in [2.24, 2.45) is 0 Å². The van der Waals surface area contributed by atoms with Crippen LogP contribution in [0.4, 0.5) is 4.79 Å². The van der Waals surface area contributed by atoms with Crippen LogP contribution in [0.2, 0.25) is 0 Å². The normalized spacial score (nSPS) is 34.2. The van der Waals surface area contributed by atoms with Gasteiger partial charge in [0.1, 0.15) is 18.8 Å². The van der Waals surface area contributed by atoms with Gasteiger partial charge in [0.15, 0.2) is 0 Å². The number of ether oxygens (including phenoxy) is 2. The predicted octanol–water partition coefficient (Wildman–Crippen LogP) is -1.20. The van der Waals surface area contributed by atoms with E-state index in [-0.39, 0.29) is 6.61 Å². The maximum absolute atomic E-state index is 10.2. The Balaban J connectivity index is 2.35. The molecule has 1 heterocycles. The monoisotopic (exact) mass is 186 g/mol. The smallest absolute Gasteiger partial charge is 0.235 e. The van der Waals surface area contributed by atoms with Crippen molar-refractivity contribution >= 4 is 13.7 Å². The maximum atomic E-state index is 10.2. The van der Waals surface area contributed by atoms with Gasteiger partial charge in [-0.1, -0.05) is 0 Å². The minimum absolute atomic E-state index is 0.131. The Morgan fingerprint density at radius 3 is 2.92 bits per heavy atom. The van der Waals surface area contributed by atoms with Crippen molar-refractivity contribution in [1.82, 2.24) is 0 Å². The van der Waals surface area contributed by atoms with E-state index in [0.717, 1.165) is 0 Å². The first kappa shape index (κ1) is 10.5. The van der Waals surface area contributed by atoms with Gasteiger partial charge in [0.05, 0.1) is 6.10 Å². The fourth-order valence-corrected chi connectivity index (χ4v) is 1.17. The van der Waals surface area contributed by atoms with Gasteiger partial charge in [-0.2, -0.15) is 0 Å². The average Bonchev–Trinajstić information content (AvgIpc) is 2.07. The number of rotatable bonds is 2. The van der Waals surface area contributed by atoms with Gasteiger partial charge in [-0.05, 0) is 6.42 Å². The number of hydrogen-bond acceptors (Lipinski definition) is 5. The van der Waals surface area contributed by atoms with Crippen molar-refractivity contribution in [1.29, 1.82) is 0 Å². The van der Waals surface area contributed by atoms with Crippen LogP contribution in [0.15, 0.2) is 0 Å². The van der Waals surface area contributed by atoms with Crippen LogP contribution in [0.5, 0.6) is 0 Å². The van der Waals surface area contributed by atoms with E-state index in [1.54, 1.807) is 0 Å². The first-order chi connectivity index (χ1) is 6.11. The number of hydrogen-bond donors (Lipinski definition) is 2. The molecule has 3 atom stereocenters. The summed E-state index contributed by atoms with van der Waals surface area (Å²) in [5, 5.41) is 18.6. The SMILES string of the molecule is [B]C(=O)OC[C@H]1OCCC(O)[C@H]1O. The molecular formula is C7H11BO5. The van der Waals surface area contributed by atoms with E-state index < -0.39 is 24.2 Å². The molecule has 0 bridgehead atoms. The summed E-state index contributed by atoms with van der Waals surface area (Å²) in [5.74, 6) is -0.920. The lowest BCUT2D eigenvalue weighted by Crippen LogP contribution is -2.46. The van der Waals surface area contributed by atoms with Crippen molar-refractivity contribution in [3.05, 3.63) is 0 Å². The Bertz CT molecular complexity index is 186. The minimum Gasteiger partial charge on any atom is -0.472 e. The lowest BCUT2D eigenvalue weighted by Gasteiger charge is -2.31. The zero-order valence-corrected chi connectivity index (χ0v) is 7.05. The highest BCUT2D eigenvalue weighted by Gasteiger charge is 2.31. The van der Waals surface area contributed by atoms with Gasteiger partial charge in [0.2, 0.25) is 13.7 Å². The van der Waals surface area contributed by atoms with Gasteiger partial charge in [0, 0.05) is 6.61 Å². The van der Waals surface area contributed by atoms with Gasteiger partial charge in [-0.25, -0.2) is 0 Å². The summed E-state index contributed by atoms with van der Waals surface area (Å²) < 4.78 is 9.51. The van der Waals surface area contributed by atoms with E-state index in [1.807, 2.05) is 0 Å². The first-order valence-electron chi connectivity index (χ1n) is 4.01. The Morgan fingerprint density at radius 2 is 2.31 bits per heavy atom. The van der Waals surface area contributed by atoms with Crippen LogP contribution in [-0.4, -0.2) is 55.5 Å². The molecule has 6 heteroatoms. The Morgan fingerprint density at radius 1 is 1.62 bits per heavy atom. The van der Waals surface area contributed by atoms with Crippen molar-refractivity contribution in [3.8, 4) is 0 Å². The zero-order chi connectivity index (χ0) is 9.84. The molecule has 0 aromatic rings. The third-order valence-electron chi connectivity index (χ3n) is 1.91. The topological polar surface area (TPSA) is 76.0 Å². The van der Waals surface area contributed by atoms with Crippen molar-refractivity contribution in [2.75, 3.05) is 13.2 Å². The molecule has 0 aromatic heterocycles. The van der Waals surface area contributed by atoms with E-state index in [9.17, 15) is 15.0 Å². The van der Waals surface area contributed by atoms with Crippen LogP contribution < -0.4 is 0 Å². The molecule has 0 saturated carbocycles. The fourth-order valence-electron chi connectivity index (χ4n) is 1.17. The summed E-state index contributed by atoms with van der Waals surface area (Å²) in [6, 6.07) is 0. The largest absolute Gasteiger partial charge is 0.472 e. The minimum atomic E-state index is -1.02. The van der Waals surface area contributed by atoms with Crippen LogP contribution in [0.25, 0.3) is 0 Å². The number of carbonyl (C=O) groups excluding carboxylic acids is 1. The maximum Gasteiger partial charge on any atom is 0.235 e. The number of aliphatic hydroxyl groups excluding tert-OH is 2. The molecule has 1 unspecified atom stereocenters. The summed E-state index contributed by atoms with van der Waals surface area (Å²) in [5.41, 5.74) is 0. The van der Waals surface area contributed by atoms with Crippen LogP contribution in [-0.2, 0) is 9.47 Å². The predicted molar refractivity (Wildman–Crippen MR) is 43.5 cm³/mol. The molecule has 72 valence electrons. The van der Waals surface area contributed by atoms with E-state index in [2.05, 4.69) is 4.74 Å². The molecule has 0 aliphatic carbocycles. The molecule has 1 saturated heterocycles. The van der Waals surface area contributed by atoms with Gasteiger partial charge in [0.25, 0.3) is 0 Å². The van der Waals surface area contributed by atoms with Gasteiger partial charge < -0.3 is 19.7 Å². The quantitative estimate of drug-likeness (QED) is 0.530. The van der Waals surface area contributed by atoms with Crippen molar-refractivity contribution in [3.63, 3.8) is 0 Å². The third-order valence-corrected chi connectivity index (χ3v) is 1.91. The molecule has 2 radical (unpaired) electrons. The molecule has 0 aromatic carbocycles. The molecule has 1 aliphatic heterocycles. The number of carbonyl (C=O) groups is 1. The average molecular weight is 186 g/mol. The van der Waals surface area contributed by atoms with Crippen molar-refractivity contribution in [2.45, 2.75) is 24.7 Å². The summed E-state index contributed by atoms with van der Waals surface area (Å²) >= 11 is 0. The summed E-state index contributed by atoms with van der Waals surface area (Å²) in [6.07, 6.45) is -2.14. The Kier molecular flexibility index (Phi) is 3.71. The Labute approximate surface area is 77.1 Å². The molecule has 0 spiro atoms. The lowest BCUT2D eigenvalue weighted by molar-refractivity contribution is -0.146. The highest BCUT2D eigenvalue weighted by atomic mass is 16.6. The highest BCUT2D eigenvalue weighted by molar-refractivity contribution is 6.55. The molecule has 2 N–H and O–H groups in total. The summed E-state index contributed by atoms with van der Waals surface area (Å²) in [6.45, 7) is 0.207. The van der Waals surface area contributed by atoms with Gasteiger partial charge >= 0.3 is 0 Å². The van der Waals surface area contributed by atoms with E-state index >= 15 is 0 Å². The van der Waals surface area contributed by atoms with E-state index in [1.165, 1.54) is 0 Å².